The van der Waals surface area contributed by atoms with Crippen molar-refractivity contribution in [3.63, 3.8) is 0 Å². The molecule has 0 atom stereocenters. The summed E-state index contributed by atoms with van der Waals surface area (Å²) in [5.74, 6) is 0.755. The quantitative estimate of drug-likeness (QED) is 0.239. The first-order chi connectivity index (χ1) is 18.4. The minimum atomic E-state index is 0.755. The first-order valence-corrected chi connectivity index (χ1v) is 13.7. The van der Waals surface area contributed by atoms with Crippen LogP contribution in [0.3, 0.4) is 0 Å². The summed E-state index contributed by atoms with van der Waals surface area (Å²) in [6.07, 6.45) is 17.4. The lowest BCUT2D eigenvalue weighted by molar-refractivity contribution is 0.357. The summed E-state index contributed by atoms with van der Waals surface area (Å²) in [6.45, 7) is 18.9. The number of pyridine rings is 2. The topological polar surface area (TPSA) is 65.6 Å². The molecule has 200 valence electrons. The number of H-pyrrole nitrogens is 1. The highest BCUT2D eigenvalue weighted by atomic mass is 14.9. The summed E-state index contributed by atoms with van der Waals surface area (Å²) in [6, 6.07) is 8.14. The second-order valence-corrected chi connectivity index (χ2v) is 9.66. The van der Waals surface area contributed by atoms with Crippen molar-refractivity contribution in [2.75, 3.05) is 12.4 Å². The summed E-state index contributed by atoms with van der Waals surface area (Å²) in [4.78, 5) is 12.2. The second-order valence-electron chi connectivity index (χ2n) is 9.66. The van der Waals surface area contributed by atoms with Crippen molar-refractivity contribution >= 4 is 27.9 Å². The molecule has 38 heavy (non-hydrogen) atoms. The van der Waals surface area contributed by atoms with Gasteiger partial charge in [0, 0.05) is 41.9 Å². The average Bonchev–Trinajstić information content (AvgIpc) is 3.39. The number of nitrogens with zero attached hydrogens (tertiary/aromatic N) is 2. The van der Waals surface area contributed by atoms with Gasteiger partial charge < -0.3 is 15.6 Å². The van der Waals surface area contributed by atoms with Gasteiger partial charge in [-0.2, -0.15) is 0 Å². The monoisotopic (exact) mass is 509 g/mol. The van der Waals surface area contributed by atoms with Crippen molar-refractivity contribution in [2.24, 2.45) is 5.92 Å². The minimum Gasteiger partial charge on any atom is -0.388 e. The summed E-state index contributed by atoms with van der Waals surface area (Å²) in [5, 5.41) is 7.78. The Morgan fingerprint density at radius 1 is 1.08 bits per heavy atom. The third-order valence-electron chi connectivity index (χ3n) is 6.95. The third kappa shape index (κ3) is 7.58. The Bertz CT molecular complexity index is 1280. The molecule has 5 nitrogen and oxygen atoms in total. The van der Waals surface area contributed by atoms with Crippen molar-refractivity contribution in [2.45, 2.75) is 59.3 Å². The van der Waals surface area contributed by atoms with Gasteiger partial charge in [0.2, 0.25) is 0 Å². The lowest BCUT2D eigenvalue weighted by Crippen LogP contribution is -2.10. The van der Waals surface area contributed by atoms with E-state index in [1.54, 1.807) is 6.20 Å². The predicted octanol–water partition coefficient (Wildman–Crippen LogP) is 8.66. The van der Waals surface area contributed by atoms with Crippen LogP contribution in [0.15, 0.2) is 91.7 Å². The molecule has 1 aliphatic carbocycles. The molecule has 0 radical (unpaired) electrons. The van der Waals surface area contributed by atoms with E-state index in [2.05, 4.69) is 70.5 Å². The van der Waals surface area contributed by atoms with Gasteiger partial charge in [0.15, 0.2) is 0 Å². The molecule has 0 aliphatic heterocycles. The number of aromatic amines is 1. The number of hydrogen-bond donors (Lipinski definition) is 3. The van der Waals surface area contributed by atoms with Crippen LogP contribution in [0.5, 0.6) is 0 Å². The van der Waals surface area contributed by atoms with Gasteiger partial charge in [0.25, 0.3) is 0 Å². The molecule has 3 aromatic heterocycles. The first-order valence-electron chi connectivity index (χ1n) is 13.7. The van der Waals surface area contributed by atoms with Crippen LogP contribution in [0.2, 0.25) is 0 Å². The first kappa shape index (κ1) is 28.7. The Morgan fingerprint density at radius 2 is 1.84 bits per heavy atom. The molecule has 3 N–H and O–H groups in total. The van der Waals surface area contributed by atoms with E-state index in [0.717, 1.165) is 68.4 Å². The van der Waals surface area contributed by atoms with Gasteiger partial charge in [-0.3, -0.25) is 4.98 Å². The predicted molar refractivity (Wildman–Crippen MR) is 165 cm³/mol. The van der Waals surface area contributed by atoms with Gasteiger partial charge >= 0.3 is 0 Å². The van der Waals surface area contributed by atoms with Gasteiger partial charge in [-0.05, 0) is 71.9 Å². The molecular weight excluding hydrogens is 466 g/mol. The lowest BCUT2D eigenvalue weighted by Gasteiger charge is -2.23. The highest BCUT2D eigenvalue weighted by molar-refractivity contribution is 5.87. The molecular formula is C33H43N5. The van der Waals surface area contributed by atoms with Crippen molar-refractivity contribution in [3.05, 3.63) is 103 Å². The van der Waals surface area contributed by atoms with E-state index in [1.807, 2.05) is 51.5 Å². The van der Waals surface area contributed by atoms with Crippen LogP contribution in [-0.4, -0.2) is 22.0 Å². The number of fused-ring (bicyclic) bond motifs is 1. The normalized spacial score (nSPS) is 14.4. The fourth-order valence-corrected chi connectivity index (χ4v) is 4.80. The largest absolute Gasteiger partial charge is 0.388 e. The SMILES string of the molecule is C=C(CC1CCCCC1)Nc1cncc(/C(C)=C/C=C(/NC)C(=C)C(=C)c2cc3cccnc3[nH]2)c1.CC. The maximum absolute atomic E-state index is 4.45. The molecule has 4 rings (SSSR count). The van der Waals surface area contributed by atoms with E-state index in [-0.39, 0.29) is 0 Å². The number of hydrogen-bond acceptors (Lipinski definition) is 4. The molecule has 3 aromatic rings. The Labute approximate surface area is 228 Å². The fourth-order valence-electron chi connectivity index (χ4n) is 4.80. The molecule has 1 saturated carbocycles. The molecule has 5 heteroatoms. The Morgan fingerprint density at radius 3 is 2.55 bits per heavy atom. The number of anilines is 1. The van der Waals surface area contributed by atoms with Gasteiger partial charge in [-0.1, -0.05) is 71.8 Å². The molecule has 0 unspecified atom stereocenters. The summed E-state index contributed by atoms with van der Waals surface area (Å²) < 4.78 is 0. The molecule has 0 aromatic carbocycles. The molecule has 0 amide bonds. The lowest BCUT2D eigenvalue weighted by atomic mass is 9.86. The summed E-state index contributed by atoms with van der Waals surface area (Å²) in [5.41, 5.74) is 8.50. The zero-order chi connectivity index (χ0) is 27.5. The number of rotatable bonds is 10. The maximum atomic E-state index is 4.45. The number of allylic oxidation sites excluding steroid dienone is 5. The van der Waals surface area contributed by atoms with Crippen molar-refractivity contribution in [1.29, 1.82) is 0 Å². The second kappa shape index (κ2) is 14.2. The van der Waals surface area contributed by atoms with E-state index < -0.39 is 0 Å². The molecule has 0 saturated heterocycles. The van der Waals surface area contributed by atoms with E-state index in [0.29, 0.717) is 0 Å². The van der Waals surface area contributed by atoms with E-state index >= 15 is 0 Å². The van der Waals surface area contributed by atoms with E-state index in [4.69, 9.17) is 0 Å². The smallest absolute Gasteiger partial charge is 0.137 e. The molecule has 1 aliphatic rings. The summed E-state index contributed by atoms with van der Waals surface area (Å²) in [7, 11) is 1.89. The van der Waals surface area contributed by atoms with Crippen LogP contribution in [0.25, 0.3) is 22.2 Å². The number of nitrogens with one attached hydrogen (secondary N) is 3. The minimum absolute atomic E-state index is 0.755. The van der Waals surface area contributed by atoms with Crippen LogP contribution in [0.1, 0.15) is 70.6 Å². The van der Waals surface area contributed by atoms with Gasteiger partial charge in [-0.25, -0.2) is 4.98 Å². The zero-order valence-electron chi connectivity index (χ0n) is 23.5. The van der Waals surface area contributed by atoms with Crippen molar-refractivity contribution in [3.8, 4) is 0 Å². The molecule has 1 fully saturated rings. The van der Waals surface area contributed by atoms with Crippen LogP contribution >= 0.6 is 0 Å². The standard InChI is InChI=1S/C31H37N5.C2H6/c1-21(27-17-28(20-33-19-27)35-22(2)16-25-10-7-6-8-11-25)13-14-29(32-5)23(3)24(4)30-18-26-12-9-15-34-31(26)36-30;1-2/h9,12-15,17-20,25,32,35H,2-4,6-8,10-11,16H2,1,5H3,(H,34,36);1-2H3/b21-13+,29-14+;. The average molecular weight is 510 g/mol. The van der Waals surface area contributed by atoms with Gasteiger partial charge in [-0.15, -0.1) is 0 Å². The van der Waals surface area contributed by atoms with Gasteiger partial charge in [0.05, 0.1) is 11.9 Å². The molecule has 3 heterocycles. The number of likely N-dealkylation sites (N-methyl/N-ethyl adjacent to an activating group) is 1. The maximum Gasteiger partial charge on any atom is 0.137 e. The Kier molecular flexibility index (Phi) is 10.7. The fraction of sp³-hybridized carbons (Fsp3) is 0.333. The van der Waals surface area contributed by atoms with Crippen LogP contribution < -0.4 is 10.6 Å². The van der Waals surface area contributed by atoms with E-state index in [9.17, 15) is 0 Å². The van der Waals surface area contributed by atoms with Gasteiger partial charge in [0.1, 0.15) is 5.65 Å². The highest BCUT2D eigenvalue weighted by Gasteiger charge is 2.15. The van der Waals surface area contributed by atoms with Crippen molar-refractivity contribution < 1.29 is 0 Å². The highest BCUT2D eigenvalue weighted by Crippen LogP contribution is 2.30. The Hall–Kier alpha value is -3.86. The third-order valence-corrected chi connectivity index (χ3v) is 6.95. The molecule has 0 spiro atoms. The Balaban J connectivity index is 0.00000195. The van der Waals surface area contributed by atoms with Crippen LogP contribution in [0.4, 0.5) is 5.69 Å². The van der Waals surface area contributed by atoms with E-state index in [1.165, 1.54) is 32.1 Å². The van der Waals surface area contributed by atoms with Crippen molar-refractivity contribution in [1.82, 2.24) is 20.3 Å². The summed E-state index contributed by atoms with van der Waals surface area (Å²) >= 11 is 0. The number of aromatic nitrogens is 3. The van der Waals surface area contributed by atoms with Crippen LogP contribution in [0, 0.1) is 5.92 Å². The molecule has 0 bridgehead atoms. The zero-order valence-corrected chi connectivity index (χ0v) is 23.5. The van der Waals surface area contributed by atoms with Crippen LogP contribution in [-0.2, 0) is 0 Å².